The van der Waals surface area contributed by atoms with Crippen LogP contribution in [-0.2, 0) is 4.79 Å². The Labute approximate surface area is 160 Å². The molecule has 0 saturated carbocycles. The number of benzene rings is 2. The second kappa shape index (κ2) is 7.97. The summed E-state index contributed by atoms with van der Waals surface area (Å²) in [5.74, 6) is 0.374. The number of aromatic nitrogens is 1. The van der Waals surface area contributed by atoms with E-state index in [1.54, 1.807) is 18.2 Å². The predicted molar refractivity (Wildman–Crippen MR) is 107 cm³/mol. The summed E-state index contributed by atoms with van der Waals surface area (Å²) in [4.78, 5) is 27.2. The molecule has 0 saturated heterocycles. The van der Waals surface area contributed by atoms with Crippen LogP contribution in [-0.4, -0.2) is 25.1 Å². The number of hydrogen-bond donors (Lipinski definition) is 2. The van der Waals surface area contributed by atoms with E-state index in [1.165, 1.54) is 26.4 Å². The van der Waals surface area contributed by atoms with Crippen LogP contribution in [0.1, 0.15) is 5.56 Å². The SMILES string of the molecule is COc1cc(NC(=O)/C=C/c2cc3ccccc3[nH]c2=O)c(OC)cc1Cl. The molecule has 0 fully saturated rings. The molecular weight excluding hydrogens is 368 g/mol. The standard InChI is InChI=1S/C20H17ClN2O4/c1-26-17-11-16(18(27-2)10-14(17)21)22-19(24)8-7-13-9-12-5-3-4-6-15(12)23-20(13)25/h3-11H,1-2H3,(H,22,24)(H,23,25)/b8-7+. The van der Waals surface area contributed by atoms with Gasteiger partial charge in [-0.15, -0.1) is 0 Å². The minimum atomic E-state index is -0.426. The zero-order valence-electron chi connectivity index (χ0n) is 14.7. The molecule has 0 aliphatic rings. The van der Waals surface area contributed by atoms with Crippen molar-refractivity contribution in [2.75, 3.05) is 19.5 Å². The number of aromatic amines is 1. The number of amides is 1. The molecule has 0 aliphatic carbocycles. The molecule has 0 aliphatic heterocycles. The molecule has 0 unspecified atom stereocenters. The highest BCUT2D eigenvalue weighted by Crippen LogP contribution is 2.35. The zero-order valence-corrected chi connectivity index (χ0v) is 15.5. The van der Waals surface area contributed by atoms with Crippen LogP contribution < -0.4 is 20.3 Å². The van der Waals surface area contributed by atoms with Gasteiger partial charge in [0.1, 0.15) is 11.5 Å². The Bertz CT molecular complexity index is 1090. The molecule has 2 aromatic carbocycles. The summed E-state index contributed by atoms with van der Waals surface area (Å²) in [6, 6.07) is 12.3. The molecule has 0 atom stereocenters. The quantitative estimate of drug-likeness (QED) is 0.655. The van der Waals surface area contributed by atoms with Gasteiger partial charge in [0, 0.05) is 29.3 Å². The first-order valence-corrected chi connectivity index (χ1v) is 8.42. The van der Waals surface area contributed by atoms with Crippen LogP contribution in [0.5, 0.6) is 11.5 Å². The van der Waals surface area contributed by atoms with Crippen molar-refractivity contribution >= 4 is 40.2 Å². The van der Waals surface area contributed by atoms with Crippen molar-refractivity contribution in [2.24, 2.45) is 0 Å². The van der Waals surface area contributed by atoms with Gasteiger partial charge in [-0.1, -0.05) is 29.8 Å². The lowest BCUT2D eigenvalue weighted by atomic mass is 10.1. The third-order valence-corrected chi connectivity index (χ3v) is 4.22. The Morgan fingerprint density at radius 1 is 1.11 bits per heavy atom. The van der Waals surface area contributed by atoms with Crippen molar-refractivity contribution in [1.82, 2.24) is 4.98 Å². The minimum absolute atomic E-state index is 0.275. The highest BCUT2D eigenvalue weighted by atomic mass is 35.5. The highest BCUT2D eigenvalue weighted by molar-refractivity contribution is 6.32. The molecule has 1 aromatic heterocycles. The van der Waals surface area contributed by atoms with Crippen molar-refractivity contribution in [3.05, 3.63) is 69.5 Å². The van der Waals surface area contributed by atoms with Gasteiger partial charge >= 0.3 is 0 Å². The fourth-order valence-electron chi connectivity index (χ4n) is 2.59. The number of ether oxygens (including phenoxy) is 2. The molecule has 0 spiro atoms. The van der Waals surface area contributed by atoms with E-state index in [-0.39, 0.29) is 5.56 Å². The largest absolute Gasteiger partial charge is 0.495 e. The van der Waals surface area contributed by atoms with Gasteiger partial charge in [0.15, 0.2) is 0 Å². The van der Waals surface area contributed by atoms with Crippen LogP contribution >= 0.6 is 11.6 Å². The van der Waals surface area contributed by atoms with Gasteiger partial charge < -0.3 is 19.8 Å². The summed E-state index contributed by atoms with van der Waals surface area (Å²) < 4.78 is 10.4. The Hall–Kier alpha value is -3.25. The Morgan fingerprint density at radius 3 is 2.59 bits per heavy atom. The van der Waals surface area contributed by atoms with E-state index >= 15 is 0 Å². The van der Waals surface area contributed by atoms with Gasteiger partial charge in [-0.05, 0) is 23.6 Å². The first kappa shape index (κ1) is 18.5. The lowest BCUT2D eigenvalue weighted by Gasteiger charge is -2.12. The van der Waals surface area contributed by atoms with E-state index < -0.39 is 5.91 Å². The number of para-hydroxylation sites is 1. The second-order valence-corrected chi connectivity index (χ2v) is 6.06. The van der Waals surface area contributed by atoms with E-state index in [1.807, 2.05) is 24.3 Å². The number of halogens is 1. The Balaban J connectivity index is 1.84. The average Bonchev–Trinajstić information content (AvgIpc) is 2.67. The highest BCUT2D eigenvalue weighted by Gasteiger charge is 2.11. The van der Waals surface area contributed by atoms with E-state index in [2.05, 4.69) is 10.3 Å². The number of H-pyrrole nitrogens is 1. The third-order valence-electron chi connectivity index (χ3n) is 3.93. The summed E-state index contributed by atoms with van der Waals surface area (Å²) >= 11 is 6.05. The molecule has 3 rings (SSSR count). The predicted octanol–water partition coefficient (Wildman–Crippen LogP) is 3.85. The number of anilines is 1. The van der Waals surface area contributed by atoms with Crippen molar-refractivity contribution < 1.29 is 14.3 Å². The van der Waals surface area contributed by atoms with Gasteiger partial charge in [0.05, 0.1) is 24.9 Å². The van der Waals surface area contributed by atoms with Crippen LogP contribution in [0.25, 0.3) is 17.0 Å². The molecule has 1 heterocycles. The zero-order chi connectivity index (χ0) is 19.4. The molecule has 1 amide bonds. The van der Waals surface area contributed by atoms with Gasteiger partial charge in [-0.25, -0.2) is 0 Å². The normalized spacial score (nSPS) is 10.9. The smallest absolute Gasteiger partial charge is 0.255 e. The first-order chi connectivity index (χ1) is 13.0. The van der Waals surface area contributed by atoms with Crippen LogP contribution in [0.4, 0.5) is 5.69 Å². The van der Waals surface area contributed by atoms with Crippen LogP contribution in [0.2, 0.25) is 5.02 Å². The molecule has 0 bridgehead atoms. The topological polar surface area (TPSA) is 80.4 Å². The van der Waals surface area contributed by atoms with Crippen molar-refractivity contribution in [3.63, 3.8) is 0 Å². The molecule has 3 aromatic rings. The molecule has 7 heteroatoms. The summed E-state index contributed by atoms with van der Waals surface area (Å²) in [6.07, 6.45) is 2.74. The van der Waals surface area contributed by atoms with Gasteiger partial charge in [0.2, 0.25) is 5.91 Å². The van der Waals surface area contributed by atoms with Crippen LogP contribution in [0, 0.1) is 0 Å². The number of rotatable bonds is 5. The molecule has 138 valence electrons. The second-order valence-electron chi connectivity index (χ2n) is 5.65. The van der Waals surface area contributed by atoms with E-state index in [0.29, 0.717) is 27.8 Å². The Kier molecular flexibility index (Phi) is 5.47. The molecule has 27 heavy (non-hydrogen) atoms. The van der Waals surface area contributed by atoms with Gasteiger partial charge in [-0.3, -0.25) is 9.59 Å². The minimum Gasteiger partial charge on any atom is -0.495 e. The maximum Gasteiger partial charge on any atom is 0.255 e. The summed E-state index contributed by atoms with van der Waals surface area (Å²) in [6.45, 7) is 0. The van der Waals surface area contributed by atoms with Crippen LogP contribution in [0.3, 0.4) is 0 Å². The lowest BCUT2D eigenvalue weighted by Crippen LogP contribution is -2.11. The van der Waals surface area contributed by atoms with Crippen molar-refractivity contribution in [3.8, 4) is 11.5 Å². The number of hydrogen-bond acceptors (Lipinski definition) is 4. The van der Waals surface area contributed by atoms with Crippen LogP contribution in [0.15, 0.2) is 53.3 Å². The van der Waals surface area contributed by atoms with E-state index in [0.717, 1.165) is 10.9 Å². The van der Waals surface area contributed by atoms with E-state index in [4.69, 9.17) is 21.1 Å². The number of fused-ring (bicyclic) bond motifs is 1. The Morgan fingerprint density at radius 2 is 1.85 bits per heavy atom. The lowest BCUT2D eigenvalue weighted by molar-refractivity contribution is -0.111. The molecule has 2 N–H and O–H groups in total. The number of nitrogens with one attached hydrogen (secondary N) is 2. The molecular formula is C20H17ClN2O4. The monoisotopic (exact) mass is 384 g/mol. The number of carbonyl (C=O) groups excluding carboxylic acids is 1. The first-order valence-electron chi connectivity index (χ1n) is 8.04. The molecule has 0 radical (unpaired) electrons. The number of carbonyl (C=O) groups is 1. The van der Waals surface area contributed by atoms with Gasteiger partial charge in [0.25, 0.3) is 5.56 Å². The average molecular weight is 385 g/mol. The maximum absolute atomic E-state index is 12.3. The fourth-order valence-corrected chi connectivity index (χ4v) is 2.82. The third kappa shape index (κ3) is 4.12. The van der Waals surface area contributed by atoms with E-state index in [9.17, 15) is 9.59 Å². The number of pyridine rings is 1. The maximum atomic E-state index is 12.3. The van der Waals surface area contributed by atoms with Gasteiger partial charge in [-0.2, -0.15) is 0 Å². The molecule has 6 nitrogen and oxygen atoms in total. The van der Waals surface area contributed by atoms with Crippen molar-refractivity contribution in [1.29, 1.82) is 0 Å². The summed E-state index contributed by atoms with van der Waals surface area (Å²) in [5, 5.41) is 3.93. The fraction of sp³-hybridized carbons (Fsp3) is 0.100. The summed E-state index contributed by atoms with van der Waals surface area (Å²) in [7, 11) is 2.95. The summed E-state index contributed by atoms with van der Waals surface area (Å²) in [5.41, 5.74) is 1.25. The number of methoxy groups -OCH3 is 2. The van der Waals surface area contributed by atoms with Crippen molar-refractivity contribution in [2.45, 2.75) is 0 Å².